The lowest BCUT2D eigenvalue weighted by atomic mass is 9.79. The summed E-state index contributed by atoms with van der Waals surface area (Å²) in [6, 6.07) is 0. The molecule has 2 N–H and O–H groups in total. The quantitative estimate of drug-likeness (QED) is 0.782. The van der Waals surface area contributed by atoms with Crippen molar-refractivity contribution in [2.45, 2.75) is 71.9 Å². The molecule has 4 atom stereocenters. The van der Waals surface area contributed by atoms with Gasteiger partial charge in [0.15, 0.2) is 0 Å². The van der Waals surface area contributed by atoms with Gasteiger partial charge in [-0.25, -0.2) is 0 Å². The van der Waals surface area contributed by atoms with Crippen molar-refractivity contribution in [1.82, 2.24) is 10.6 Å². The molecule has 0 saturated heterocycles. The van der Waals surface area contributed by atoms with Gasteiger partial charge in [-0.05, 0) is 72.1 Å². The van der Waals surface area contributed by atoms with Gasteiger partial charge in [0.25, 0.3) is 0 Å². The van der Waals surface area contributed by atoms with Gasteiger partial charge >= 0.3 is 0 Å². The normalized spacial score (nSPS) is 29.7. The van der Waals surface area contributed by atoms with E-state index in [4.69, 9.17) is 0 Å². The molecule has 0 spiro atoms. The number of hydrogen-bond acceptors (Lipinski definition) is 2. The van der Waals surface area contributed by atoms with Crippen LogP contribution in [0.4, 0.5) is 0 Å². The first-order valence-corrected chi connectivity index (χ1v) is 8.78. The molecule has 2 aliphatic carbocycles. The van der Waals surface area contributed by atoms with Crippen molar-refractivity contribution in [1.29, 1.82) is 0 Å². The fraction of sp³-hybridized carbons (Fsp3) is 0.789. The van der Waals surface area contributed by atoms with E-state index < -0.39 is 0 Å². The molecule has 0 aromatic rings. The van der Waals surface area contributed by atoms with E-state index in [0.29, 0.717) is 18.3 Å². The Labute approximate surface area is 140 Å². The summed E-state index contributed by atoms with van der Waals surface area (Å²) in [4.78, 5) is 24.8. The summed E-state index contributed by atoms with van der Waals surface area (Å²) in [6.45, 7) is 12.0. The zero-order valence-electron chi connectivity index (χ0n) is 15.4. The maximum absolute atomic E-state index is 12.7. The van der Waals surface area contributed by atoms with Crippen LogP contribution in [0.5, 0.6) is 0 Å². The summed E-state index contributed by atoms with van der Waals surface area (Å²) in [5.41, 5.74) is -0.411. The van der Waals surface area contributed by atoms with Crippen LogP contribution in [-0.2, 0) is 9.59 Å². The molecule has 2 rings (SSSR count). The molecule has 0 radical (unpaired) electrons. The van der Waals surface area contributed by atoms with Crippen LogP contribution in [0, 0.1) is 23.7 Å². The molecule has 130 valence electrons. The van der Waals surface area contributed by atoms with Crippen LogP contribution in [0.15, 0.2) is 12.2 Å². The summed E-state index contributed by atoms with van der Waals surface area (Å²) in [5, 5.41) is 6.14. The second-order valence-corrected chi connectivity index (χ2v) is 9.21. The Morgan fingerprint density at radius 2 is 1.52 bits per heavy atom. The topological polar surface area (TPSA) is 58.2 Å². The molecule has 0 unspecified atom stereocenters. The number of nitrogens with one attached hydrogen (secondary N) is 2. The average Bonchev–Trinajstić information content (AvgIpc) is 2.91. The van der Waals surface area contributed by atoms with E-state index in [2.05, 4.69) is 22.8 Å². The van der Waals surface area contributed by atoms with Crippen LogP contribution < -0.4 is 10.6 Å². The zero-order chi connectivity index (χ0) is 17.4. The van der Waals surface area contributed by atoms with Crippen LogP contribution in [0.3, 0.4) is 0 Å². The molecule has 2 bridgehead atoms. The standard InChI is InChI=1S/C19H32N2O2/c1-18(2,3)20-15(22)10-9-14-12-7-8-13(11-12)16(14)17(23)21-19(4,5)6/h7-8,12-14,16H,9-11H2,1-6H3,(H,20,22)(H,21,23)/t12-,13-,14+,16-/m0/s1. The highest BCUT2D eigenvalue weighted by molar-refractivity contribution is 5.81. The molecular weight excluding hydrogens is 288 g/mol. The zero-order valence-corrected chi connectivity index (χ0v) is 15.4. The Hall–Kier alpha value is -1.32. The lowest BCUT2D eigenvalue weighted by Crippen LogP contribution is -2.47. The molecule has 0 aromatic heterocycles. The minimum atomic E-state index is -0.212. The van der Waals surface area contributed by atoms with Crippen molar-refractivity contribution in [3.63, 3.8) is 0 Å². The van der Waals surface area contributed by atoms with Gasteiger partial charge in [0.2, 0.25) is 11.8 Å². The van der Waals surface area contributed by atoms with Crippen molar-refractivity contribution in [2.24, 2.45) is 23.7 Å². The first kappa shape index (κ1) is 18.0. The van der Waals surface area contributed by atoms with E-state index >= 15 is 0 Å². The molecule has 2 amide bonds. The van der Waals surface area contributed by atoms with Gasteiger partial charge in [-0.1, -0.05) is 12.2 Å². The Morgan fingerprint density at radius 3 is 2.09 bits per heavy atom. The predicted octanol–water partition coefficient (Wildman–Crippen LogP) is 3.03. The minimum Gasteiger partial charge on any atom is -0.352 e. The summed E-state index contributed by atoms with van der Waals surface area (Å²) in [6.07, 6.45) is 6.79. The van der Waals surface area contributed by atoms with E-state index in [-0.39, 0.29) is 34.7 Å². The average molecular weight is 320 g/mol. The first-order valence-electron chi connectivity index (χ1n) is 8.78. The number of rotatable bonds is 4. The van der Waals surface area contributed by atoms with Crippen LogP contribution in [-0.4, -0.2) is 22.9 Å². The second kappa shape index (κ2) is 6.29. The fourth-order valence-electron chi connectivity index (χ4n) is 3.94. The molecular formula is C19H32N2O2. The molecule has 4 nitrogen and oxygen atoms in total. The van der Waals surface area contributed by atoms with Crippen molar-refractivity contribution >= 4 is 11.8 Å². The summed E-state index contributed by atoms with van der Waals surface area (Å²) in [5.74, 6) is 1.34. The summed E-state index contributed by atoms with van der Waals surface area (Å²) < 4.78 is 0. The highest BCUT2D eigenvalue weighted by Crippen LogP contribution is 2.50. The molecule has 1 saturated carbocycles. The third-order valence-corrected chi connectivity index (χ3v) is 4.64. The van der Waals surface area contributed by atoms with Crippen molar-refractivity contribution in [3.05, 3.63) is 12.2 Å². The number of carbonyl (C=O) groups is 2. The van der Waals surface area contributed by atoms with E-state index in [1.165, 1.54) is 0 Å². The van der Waals surface area contributed by atoms with Crippen molar-refractivity contribution in [2.75, 3.05) is 0 Å². The molecule has 2 aliphatic rings. The Bertz CT molecular complexity index is 496. The van der Waals surface area contributed by atoms with Gasteiger partial charge in [0, 0.05) is 23.4 Å². The van der Waals surface area contributed by atoms with E-state index in [9.17, 15) is 9.59 Å². The molecule has 0 heterocycles. The number of hydrogen-bond donors (Lipinski definition) is 2. The van der Waals surface area contributed by atoms with Crippen LogP contribution in [0.2, 0.25) is 0 Å². The molecule has 1 fully saturated rings. The lowest BCUT2D eigenvalue weighted by Gasteiger charge is -2.31. The maximum Gasteiger partial charge on any atom is 0.224 e. The van der Waals surface area contributed by atoms with Gasteiger partial charge in [-0.15, -0.1) is 0 Å². The third kappa shape index (κ3) is 4.82. The molecule has 23 heavy (non-hydrogen) atoms. The van der Waals surface area contributed by atoms with Crippen molar-refractivity contribution < 1.29 is 9.59 Å². The van der Waals surface area contributed by atoms with E-state index in [1.54, 1.807) is 0 Å². The Morgan fingerprint density at radius 1 is 0.957 bits per heavy atom. The monoisotopic (exact) mass is 320 g/mol. The SMILES string of the molecule is CC(C)(C)NC(=O)CC[C@H]1[C@@H](C(=O)NC(C)(C)C)[C@H]2C=C[C@H]1C2. The highest BCUT2D eigenvalue weighted by Gasteiger charge is 2.48. The van der Waals surface area contributed by atoms with Gasteiger partial charge in [0.05, 0.1) is 0 Å². The third-order valence-electron chi connectivity index (χ3n) is 4.64. The van der Waals surface area contributed by atoms with Crippen molar-refractivity contribution in [3.8, 4) is 0 Å². The van der Waals surface area contributed by atoms with Crippen LogP contribution in [0.1, 0.15) is 60.8 Å². The van der Waals surface area contributed by atoms with E-state index in [0.717, 1.165) is 12.8 Å². The lowest BCUT2D eigenvalue weighted by molar-refractivity contribution is -0.129. The number of amides is 2. The molecule has 0 aromatic carbocycles. The Balaban J connectivity index is 1.98. The Kier molecular flexibility index (Phi) is 4.93. The van der Waals surface area contributed by atoms with Crippen LogP contribution in [0.25, 0.3) is 0 Å². The maximum atomic E-state index is 12.7. The fourth-order valence-corrected chi connectivity index (χ4v) is 3.94. The van der Waals surface area contributed by atoms with Gasteiger partial charge in [-0.3, -0.25) is 9.59 Å². The summed E-state index contributed by atoms with van der Waals surface area (Å²) >= 11 is 0. The highest BCUT2D eigenvalue weighted by atomic mass is 16.2. The van der Waals surface area contributed by atoms with E-state index in [1.807, 2.05) is 41.5 Å². The number of fused-ring (bicyclic) bond motifs is 2. The van der Waals surface area contributed by atoms with Gasteiger partial charge in [0.1, 0.15) is 0 Å². The minimum absolute atomic E-state index is 0.0201. The summed E-state index contributed by atoms with van der Waals surface area (Å²) in [7, 11) is 0. The smallest absolute Gasteiger partial charge is 0.224 e. The largest absolute Gasteiger partial charge is 0.352 e. The number of carbonyl (C=O) groups excluding carboxylic acids is 2. The first-order chi connectivity index (χ1) is 10.5. The molecule has 4 heteroatoms. The number of allylic oxidation sites excluding steroid dienone is 2. The second-order valence-electron chi connectivity index (χ2n) is 9.21. The predicted molar refractivity (Wildman–Crippen MR) is 92.7 cm³/mol. The van der Waals surface area contributed by atoms with Gasteiger partial charge < -0.3 is 10.6 Å². The van der Waals surface area contributed by atoms with Gasteiger partial charge in [-0.2, -0.15) is 0 Å². The van der Waals surface area contributed by atoms with Crippen LogP contribution >= 0.6 is 0 Å². The molecule has 0 aliphatic heterocycles.